The van der Waals surface area contributed by atoms with Gasteiger partial charge in [0.2, 0.25) is 11.8 Å². The molecule has 7 atom stereocenters. The minimum Gasteiger partial charge on any atom is -0.480 e. The van der Waals surface area contributed by atoms with Gasteiger partial charge in [-0.1, -0.05) is 31.9 Å². The Bertz CT molecular complexity index is 547. The molecule has 118 valence electrons. The van der Waals surface area contributed by atoms with Gasteiger partial charge in [0.05, 0.1) is 11.8 Å². The number of carboxylic acids is 1. The molecule has 5 aliphatic rings. The zero-order valence-corrected chi connectivity index (χ0v) is 12.6. The number of hydrogen-bond donors (Lipinski definition) is 1. The van der Waals surface area contributed by atoms with E-state index in [9.17, 15) is 19.5 Å². The Labute approximate surface area is 129 Å². The normalized spacial score (nSPS) is 42.3. The molecular formula is C17H21NO4. The molecule has 0 spiro atoms. The Morgan fingerprint density at radius 3 is 2.23 bits per heavy atom. The first-order valence-electron chi connectivity index (χ1n) is 8.34. The third kappa shape index (κ3) is 1.68. The van der Waals surface area contributed by atoms with Crippen molar-refractivity contribution in [3.63, 3.8) is 0 Å². The largest absolute Gasteiger partial charge is 0.480 e. The monoisotopic (exact) mass is 303 g/mol. The maximum atomic E-state index is 12.8. The first-order valence-corrected chi connectivity index (χ1v) is 8.34. The summed E-state index contributed by atoms with van der Waals surface area (Å²) >= 11 is 0. The number of likely N-dealkylation sites (tertiary alicyclic amines) is 1. The Kier molecular flexibility index (Phi) is 2.97. The van der Waals surface area contributed by atoms with Crippen LogP contribution in [0.3, 0.4) is 0 Å². The van der Waals surface area contributed by atoms with Gasteiger partial charge in [-0.05, 0) is 36.5 Å². The Morgan fingerprint density at radius 2 is 1.77 bits per heavy atom. The minimum atomic E-state index is -1.06. The molecule has 1 N–H and O–H groups in total. The predicted molar refractivity (Wildman–Crippen MR) is 77.5 cm³/mol. The second-order valence-corrected chi connectivity index (χ2v) is 7.20. The molecule has 0 aromatic carbocycles. The average Bonchev–Trinajstić information content (AvgIpc) is 3.27. The highest BCUT2D eigenvalue weighted by Gasteiger charge is 2.67. The van der Waals surface area contributed by atoms with Gasteiger partial charge in [0, 0.05) is 0 Å². The number of carbonyl (C=O) groups is 3. The number of imide groups is 1. The predicted octanol–water partition coefficient (Wildman–Crippen LogP) is 1.68. The third-order valence-electron chi connectivity index (χ3n) is 6.12. The van der Waals surface area contributed by atoms with Crippen LogP contribution in [0.1, 0.15) is 32.6 Å². The van der Waals surface area contributed by atoms with Crippen LogP contribution in [0.4, 0.5) is 0 Å². The number of amides is 2. The van der Waals surface area contributed by atoms with E-state index in [2.05, 4.69) is 12.2 Å². The minimum absolute atomic E-state index is 0.155. The maximum Gasteiger partial charge on any atom is 0.326 e. The summed E-state index contributed by atoms with van der Waals surface area (Å²) in [6, 6.07) is -0.985. The molecule has 4 aliphatic carbocycles. The SMILES string of the molecule is CCCC[C@@H](C(=O)O)N1C(=O)[C@@H]2[C@@H]3C=C[C@H]([C@H]4C[C@@H]34)[C@@H]2C1=O. The van der Waals surface area contributed by atoms with Crippen LogP contribution in [0, 0.1) is 35.5 Å². The van der Waals surface area contributed by atoms with E-state index in [1.165, 1.54) is 0 Å². The van der Waals surface area contributed by atoms with E-state index in [0.717, 1.165) is 17.7 Å². The van der Waals surface area contributed by atoms with Crippen LogP contribution in [0.15, 0.2) is 12.2 Å². The molecule has 5 nitrogen and oxygen atoms in total. The lowest BCUT2D eigenvalue weighted by Crippen LogP contribution is -2.45. The number of hydrogen-bond acceptors (Lipinski definition) is 3. The van der Waals surface area contributed by atoms with Crippen molar-refractivity contribution in [1.29, 1.82) is 0 Å². The number of carboxylic acid groups (broad SMARTS) is 1. The van der Waals surface area contributed by atoms with Crippen molar-refractivity contribution in [3.8, 4) is 0 Å². The summed E-state index contributed by atoms with van der Waals surface area (Å²) in [5.74, 6) is -0.710. The summed E-state index contributed by atoms with van der Waals surface area (Å²) in [5, 5.41) is 9.48. The summed E-state index contributed by atoms with van der Waals surface area (Å²) in [7, 11) is 0. The fourth-order valence-electron chi connectivity index (χ4n) is 5.05. The highest BCUT2D eigenvalue weighted by Crippen LogP contribution is 2.65. The van der Waals surface area contributed by atoms with Gasteiger partial charge < -0.3 is 5.11 Å². The lowest BCUT2D eigenvalue weighted by molar-refractivity contribution is -0.155. The van der Waals surface area contributed by atoms with Crippen molar-refractivity contribution in [3.05, 3.63) is 12.2 Å². The molecule has 5 heteroatoms. The molecule has 0 aromatic heterocycles. The van der Waals surface area contributed by atoms with Crippen LogP contribution in [0.5, 0.6) is 0 Å². The highest BCUT2D eigenvalue weighted by molar-refractivity contribution is 6.08. The van der Waals surface area contributed by atoms with E-state index in [0.29, 0.717) is 24.7 Å². The molecule has 1 saturated heterocycles. The average molecular weight is 303 g/mol. The number of aliphatic carboxylic acids is 1. The van der Waals surface area contributed by atoms with Crippen LogP contribution in [0.25, 0.3) is 0 Å². The van der Waals surface area contributed by atoms with Gasteiger partial charge in [-0.3, -0.25) is 14.5 Å². The fraction of sp³-hybridized carbons (Fsp3) is 0.706. The zero-order chi connectivity index (χ0) is 15.6. The lowest BCUT2D eigenvalue weighted by atomic mass is 9.63. The summed E-state index contributed by atoms with van der Waals surface area (Å²) in [6.07, 6.45) is 7.25. The highest BCUT2D eigenvalue weighted by atomic mass is 16.4. The van der Waals surface area contributed by atoms with Gasteiger partial charge in [-0.15, -0.1) is 0 Å². The smallest absolute Gasteiger partial charge is 0.326 e. The maximum absolute atomic E-state index is 12.8. The van der Waals surface area contributed by atoms with Crippen molar-refractivity contribution in [2.45, 2.75) is 38.6 Å². The second-order valence-electron chi connectivity index (χ2n) is 7.20. The van der Waals surface area contributed by atoms with E-state index in [1.54, 1.807) is 0 Å². The van der Waals surface area contributed by atoms with E-state index in [-0.39, 0.29) is 35.5 Å². The van der Waals surface area contributed by atoms with Gasteiger partial charge >= 0.3 is 5.97 Å². The van der Waals surface area contributed by atoms with Gasteiger partial charge in [-0.25, -0.2) is 4.79 Å². The Balaban J connectivity index is 1.65. The standard InChI is InChI=1S/C17H21NO4/c1-2-3-4-12(17(21)22)18-15(19)13-8-5-6-9(11-7-10(8)11)14(13)16(18)20/h5-6,8-14H,2-4,7H2,1H3,(H,21,22)/t8-,9-,10-,11+,12+,13+,14-/m1/s1. The topological polar surface area (TPSA) is 74.7 Å². The Morgan fingerprint density at radius 1 is 1.23 bits per heavy atom. The third-order valence-corrected chi connectivity index (χ3v) is 6.12. The van der Waals surface area contributed by atoms with Crippen molar-refractivity contribution in [2.75, 3.05) is 0 Å². The van der Waals surface area contributed by atoms with E-state index in [4.69, 9.17) is 0 Å². The van der Waals surface area contributed by atoms with Crippen LogP contribution in [-0.2, 0) is 14.4 Å². The number of allylic oxidation sites excluding steroid dienone is 2. The quantitative estimate of drug-likeness (QED) is 0.619. The molecule has 0 aromatic rings. The van der Waals surface area contributed by atoms with Crippen molar-refractivity contribution in [2.24, 2.45) is 35.5 Å². The molecule has 1 aliphatic heterocycles. The van der Waals surface area contributed by atoms with Crippen LogP contribution >= 0.6 is 0 Å². The summed E-state index contributed by atoms with van der Waals surface area (Å²) in [6.45, 7) is 1.98. The molecular weight excluding hydrogens is 282 g/mol. The van der Waals surface area contributed by atoms with Crippen molar-refractivity contribution < 1.29 is 19.5 Å². The number of unbranched alkanes of at least 4 members (excludes halogenated alkanes) is 1. The molecule has 1 heterocycles. The zero-order valence-electron chi connectivity index (χ0n) is 12.6. The molecule has 5 rings (SSSR count). The molecule has 3 fully saturated rings. The lowest BCUT2D eigenvalue weighted by Gasteiger charge is -2.37. The Hall–Kier alpha value is -1.65. The summed E-state index contributed by atoms with van der Waals surface area (Å²) < 4.78 is 0. The summed E-state index contributed by atoms with van der Waals surface area (Å²) in [5.41, 5.74) is 0. The van der Waals surface area contributed by atoms with Gasteiger partial charge in [0.25, 0.3) is 0 Å². The van der Waals surface area contributed by atoms with Gasteiger partial charge in [-0.2, -0.15) is 0 Å². The van der Waals surface area contributed by atoms with Crippen molar-refractivity contribution >= 4 is 17.8 Å². The molecule has 2 bridgehead atoms. The fourth-order valence-corrected chi connectivity index (χ4v) is 5.05. The molecule has 2 saturated carbocycles. The number of carbonyl (C=O) groups excluding carboxylic acids is 2. The van der Waals surface area contributed by atoms with Crippen LogP contribution in [-0.4, -0.2) is 33.8 Å². The second kappa shape index (κ2) is 4.67. The number of nitrogens with zero attached hydrogens (tertiary/aromatic N) is 1. The van der Waals surface area contributed by atoms with Gasteiger partial charge in [0.1, 0.15) is 6.04 Å². The summed E-state index contributed by atoms with van der Waals surface area (Å²) in [4.78, 5) is 38.3. The molecule has 22 heavy (non-hydrogen) atoms. The first kappa shape index (κ1) is 14.0. The van der Waals surface area contributed by atoms with Gasteiger partial charge in [0.15, 0.2) is 0 Å². The van der Waals surface area contributed by atoms with E-state index in [1.807, 2.05) is 6.92 Å². The van der Waals surface area contributed by atoms with E-state index < -0.39 is 12.0 Å². The molecule has 0 radical (unpaired) electrons. The molecule has 0 unspecified atom stereocenters. The van der Waals surface area contributed by atoms with Crippen molar-refractivity contribution in [1.82, 2.24) is 4.90 Å². The van der Waals surface area contributed by atoms with E-state index >= 15 is 0 Å². The van der Waals surface area contributed by atoms with Crippen LogP contribution < -0.4 is 0 Å². The first-order chi connectivity index (χ1) is 10.6. The van der Waals surface area contributed by atoms with Crippen LogP contribution in [0.2, 0.25) is 0 Å². The molecule has 2 amide bonds. The number of rotatable bonds is 5.